The first-order chi connectivity index (χ1) is 8.85. The van der Waals surface area contributed by atoms with E-state index < -0.39 is 11.6 Å². The van der Waals surface area contributed by atoms with Crippen LogP contribution in [-0.2, 0) is 6.42 Å². The lowest BCUT2D eigenvalue weighted by molar-refractivity contribution is 0.0826. The number of aliphatic hydroxyl groups is 1. The van der Waals surface area contributed by atoms with Gasteiger partial charge in [0, 0.05) is 23.6 Å². The highest BCUT2D eigenvalue weighted by Gasteiger charge is 2.20. The fourth-order valence-electron chi connectivity index (χ4n) is 1.83. The summed E-state index contributed by atoms with van der Waals surface area (Å²) in [5, 5.41) is 15.4. The van der Waals surface area contributed by atoms with Crippen molar-refractivity contribution >= 4 is 23.3 Å². The summed E-state index contributed by atoms with van der Waals surface area (Å²) in [6, 6.07) is 3.08. The number of ether oxygens (including phenoxy) is 1. The summed E-state index contributed by atoms with van der Waals surface area (Å²) in [7, 11) is 0. The first kappa shape index (κ1) is 14.0. The van der Waals surface area contributed by atoms with E-state index in [-0.39, 0.29) is 6.54 Å². The van der Waals surface area contributed by atoms with Crippen LogP contribution >= 0.6 is 11.6 Å². The van der Waals surface area contributed by atoms with E-state index in [1.165, 1.54) is 0 Å². The van der Waals surface area contributed by atoms with Crippen LogP contribution in [0.3, 0.4) is 0 Å². The molecule has 1 aliphatic rings. The van der Waals surface area contributed by atoms with Gasteiger partial charge in [-0.2, -0.15) is 0 Å². The van der Waals surface area contributed by atoms with Crippen molar-refractivity contribution in [2.75, 3.05) is 18.5 Å². The molecule has 1 aliphatic heterocycles. The van der Waals surface area contributed by atoms with E-state index >= 15 is 0 Å². The quantitative estimate of drug-likeness (QED) is 0.797. The number of rotatable bonds is 3. The number of amides is 2. The zero-order valence-corrected chi connectivity index (χ0v) is 11.7. The topological polar surface area (TPSA) is 70.6 Å². The predicted octanol–water partition coefficient (Wildman–Crippen LogP) is 2.17. The molecule has 1 heterocycles. The van der Waals surface area contributed by atoms with Crippen LogP contribution in [0.25, 0.3) is 0 Å². The average molecular weight is 285 g/mol. The Labute approximate surface area is 116 Å². The van der Waals surface area contributed by atoms with E-state index in [2.05, 4.69) is 10.6 Å². The molecule has 0 saturated carbocycles. The smallest absolute Gasteiger partial charge is 0.319 e. The number of nitrogens with one attached hydrogen (secondary N) is 2. The Morgan fingerprint density at radius 2 is 2.26 bits per heavy atom. The van der Waals surface area contributed by atoms with Crippen molar-refractivity contribution in [2.45, 2.75) is 25.9 Å². The van der Waals surface area contributed by atoms with Crippen molar-refractivity contribution in [1.82, 2.24) is 5.32 Å². The minimum absolute atomic E-state index is 0.155. The summed E-state index contributed by atoms with van der Waals surface area (Å²) >= 11 is 5.99. The molecule has 1 aromatic rings. The molecule has 5 nitrogen and oxygen atoms in total. The SMILES string of the molecule is CC(C)(O)CNC(=O)Nc1cc(Cl)cc2c1OCC2. The molecule has 6 heteroatoms. The van der Waals surface area contributed by atoms with Crippen LogP contribution in [0.15, 0.2) is 12.1 Å². The third-order valence-electron chi connectivity index (χ3n) is 2.68. The number of halogens is 1. The molecule has 19 heavy (non-hydrogen) atoms. The summed E-state index contributed by atoms with van der Waals surface area (Å²) in [6.07, 6.45) is 0.788. The van der Waals surface area contributed by atoms with Gasteiger partial charge in [0.1, 0.15) is 5.75 Å². The van der Waals surface area contributed by atoms with Crippen molar-refractivity contribution in [1.29, 1.82) is 0 Å². The summed E-state index contributed by atoms with van der Waals surface area (Å²) in [4.78, 5) is 11.7. The third-order valence-corrected chi connectivity index (χ3v) is 2.90. The fourth-order valence-corrected chi connectivity index (χ4v) is 2.07. The first-order valence-electron chi connectivity index (χ1n) is 6.07. The van der Waals surface area contributed by atoms with E-state index in [1.54, 1.807) is 19.9 Å². The lowest BCUT2D eigenvalue weighted by Gasteiger charge is -2.18. The second-order valence-electron chi connectivity index (χ2n) is 5.16. The van der Waals surface area contributed by atoms with Gasteiger partial charge in [-0.15, -0.1) is 0 Å². The van der Waals surface area contributed by atoms with Gasteiger partial charge in [-0.1, -0.05) is 11.6 Å². The third kappa shape index (κ3) is 3.75. The Hall–Kier alpha value is -1.46. The fraction of sp³-hybridized carbons (Fsp3) is 0.462. The van der Waals surface area contributed by atoms with E-state index in [0.29, 0.717) is 23.1 Å². The highest BCUT2D eigenvalue weighted by Crippen LogP contribution is 2.36. The molecule has 104 valence electrons. The minimum atomic E-state index is -0.954. The van der Waals surface area contributed by atoms with Gasteiger partial charge in [0.2, 0.25) is 0 Å². The maximum absolute atomic E-state index is 11.7. The summed E-state index contributed by atoms with van der Waals surface area (Å²) in [6.45, 7) is 3.99. The van der Waals surface area contributed by atoms with Gasteiger partial charge in [-0.05, 0) is 26.0 Å². The molecule has 0 saturated heterocycles. The number of carbonyl (C=O) groups is 1. The van der Waals surface area contributed by atoms with Crippen LogP contribution in [-0.4, -0.2) is 29.9 Å². The summed E-state index contributed by atoms with van der Waals surface area (Å²) in [5.74, 6) is 0.669. The molecule has 2 amide bonds. The molecule has 0 atom stereocenters. The maximum Gasteiger partial charge on any atom is 0.319 e. The van der Waals surface area contributed by atoms with Gasteiger partial charge >= 0.3 is 6.03 Å². The Balaban J connectivity index is 2.05. The van der Waals surface area contributed by atoms with E-state index in [1.807, 2.05) is 6.07 Å². The number of hydrogen-bond acceptors (Lipinski definition) is 3. The maximum atomic E-state index is 11.7. The molecular weight excluding hydrogens is 268 g/mol. The molecular formula is C13H17ClN2O3. The molecule has 0 aromatic heterocycles. The number of benzene rings is 1. The zero-order valence-electron chi connectivity index (χ0n) is 10.9. The van der Waals surface area contributed by atoms with Gasteiger partial charge < -0.3 is 20.5 Å². The van der Waals surface area contributed by atoms with Crippen LogP contribution < -0.4 is 15.4 Å². The number of urea groups is 1. The van der Waals surface area contributed by atoms with Crippen LogP contribution in [0.1, 0.15) is 19.4 Å². The van der Waals surface area contributed by atoms with Gasteiger partial charge in [0.25, 0.3) is 0 Å². The van der Waals surface area contributed by atoms with Gasteiger partial charge in [-0.25, -0.2) is 4.79 Å². The largest absolute Gasteiger partial charge is 0.491 e. The van der Waals surface area contributed by atoms with E-state index in [0.717, 1.165) is 12.0 Å². The van der Waals surface area contributed by atoms with Gasteiger partial charge in [-0.3, -0.25) is 0 Å². The van der Waals surface area contributed by atoms with E-state index in [4.69, 9.17) is 16.3 Å². The number of carbonyl (C=O) groups excluding carboxylic acids is 1. The van der Waals surface area contributed by atoms with Crippen molar-refractivity contribution < 1.29 is 14.6 Å². The average Bonchev–Trinajstić information content (AvgIpc) is 2.73. The molecule has 2 rings (SSSR count). The van der Waals surface area contributed by atoms with E-state index in [9.17, 15) is 9.90 Å². The summed E-state index contributed by atoms with van der Waals surface area (Å²) < 4.78 is 5.48. The molecule has 0 unspecified atom stereocenters. The monoisotopic (exact) mass is 284 g/mol. The molecule has 0 bridgehead atoms. The first-order valence-corrected chi connectivity index (χ1v) is 6.45. The van der Waals surface area contributed by atoms with Crippen molar-refractivity contribution in [3.63, 3.8) is 0 Å². The molecule has 1 aromatic carbocycles. The number of hydrogen-bond donors (Lipinski definition) is 3. The normalized spacial score (nSPS) is 13.7. The van der Waals surface area contributed by atoms with Crippen molar-refractivity contribution in [2.24, 2.45) is 0 Å². The standard InChI is InChI=1S/C13H17ClN2O3/c1-13(2,18)7-15-12(17)16-10-6-9(14)5-8-3-4-19-11(8)10/h5-6,18H,3-4,7H2,1-2H3,(H2,15,16,17). The van der Waals surface area contributed by atoms with Crippen LogP contribution in [0.4, 0.5) is 10.5 Å². The second kappa shape index (κ2) is 5.27. The molecule has 0 fully saturated rings. The highest BCUT2D eigenvalue weighted by atomic mass is 35.5. The Morgan fingerprint density at radius 3 is 2.95 bits per heavy atom. The van der Waals surface area contributed by atoms with Gasteiger partial charge in [0.15, 0.2) is 0 Å². The zero-order chi connectivity index (χ0) is 14.0. The summed E-state index contributed by atoms with van der Waals surface area (Å²) in [5.41, 5.74) is 0.586. The highest BCUT2D eigenvalue weighted by molar-refractivity contribution is 6.31. The lowest BCUT2D eigenvalue weighted by Crippen LogP contribution is -2.40. The number of fused-ring (bicyclic) bond motifs is 1. The van der Waals surface area contributed by atoms with Crippen LogP contribution in [0.5, 0.6) is 5.75 Å². The van der Waals surface area contributed by atoms with Crippen LogP contribution in [0.2, 0.25) is 5.02 Å². The molecule has 0 aliphatic carbocycles. The Bertz CT molecular complexity index is 497. The second-order valence-corrected chi connectivity index (χ2v) is 5.60. The number of anilines is 1. The Kier molecular flexibility index (Phi) is 3.87. The van der Waals surface area contributed by atoms with Gasteiger partial charge in [0.05, 0.1) is 17.9 Å². The Morgan fingerprint density at radius 1 is 1.53 bits per heavy atom. The van der Waals surface area contributed by atoms with Crippen LogP contribution in [0, 0.1) is 0 Å². The molecule has 0 spiro atoms. The molecule has 0 radical (unpaired) electrons. The minimum Gasteiger partial charge on any atom is -0.491 e. The predicted molar refractivity (Wildman–Crippen MR) is 74.0 cm³/mol. The molecule has 3 N–H and O–H groups in total. The van der Waals surface area contributed by atoms with Crippen molar-refractivity contribution in [3.05, 3.63) is 22.7 Å². The lowest BCUT2D eigenvalue weighted by atomic mass is 10.1. The van der Waals surface area contributed by atoms with Crippen molar-refractivity contribution in [3.8, 4) is 5.75 Å².